The van der Waals surface area contributed by atoms with Gasteiger partial charge in [0.05, 0.1) is 11.8 Å². The highest BCUT2D eigenvalue weighted by Gasteiger charge is 2.48. The zero-order valence-electron chi connectivity index (χ0n) is 11.2. The normalized spacial score (nSPS) is 21.2. The van der Waals surface area contributed by atoms with Gasteiger partial charge in [0.2, 0.25) is 5.91 Å². The molecule has 2 unspecified atom stereocenters. The molecule has 4 heteroatoms. The van der Waals surface area contributed by atoms with Crippen molar-refractivity contribution in [1.29, 1.82) is 0 Å². The van der Waals surface area contributed by atoms with E-state index in [-0.39, 0.29) is 11.8 Å². The zero-order valence-corrected chi connectivity index (χ0v) is 11.2. The molecule has 0 radical (unpaired) electrons. The second kappa shape index (κ2) is 5.43. The van der Waals surface area contributed by atoms with Gasteiger partial charge in [0.25, 0.3) is 0 Å². The van der Waals surface area contributed by atoms with E-state index < -0.39 is 11.9 Å². The SMILES string of the molecule is CC(C)c1ccc(CNC(=O)C2CC2C(=O)O)cc1. The molecule has 19 heavy (non-hydrogen) atoms. The summed E-state index contributed by atoms with van der Waals surface area (Å²) in [6, 6.07) is 8.11. The third-order valence-corrected chi connectivity index (χ3v) is 3.56. The number of carboxylic acid groups (broad SMARTS) is 1. The number of nitrogens with one attached hydrogen (secondary N) is 1. The van der Waals surface area contributed by atoms with Crippen LogP contribution < -0.4 is 5.32 Å². The fourth-order valence-corrected chi connectivity index (χ4v) is 2.10. The summed E-state index contributed by atoms with van der Waals surface area (Å²) < 4.78 is 0. The van der Waals surface area contributed by atoms with Gasteiger partial charge in [-0.2, -0.15) is 0 Å². The Balaban J connectivity index is 1.83. The number of aliphatic carboxylic acids is 1. The number of hydrogen-bond donors (Lipinski definition) is 2. The zero-order chi connectivity index (χ0) is 14.0. The second-order valence-corrected chi connectivity index (χ2v) is 5.40. The Kier molecular flexibility index (Phi) is 3.88. The van der Waals surface area contributed by atoms with Crippen molar-refractivity contribution in [2.75, 3.05) is 0 Å². The summed E-state index contributed by atoms with van der Waals surface area (Å²) in [5.41, 5.74) is 2.30. The van der Waals surface area contributed by atoms with Gasteiger partial charge >= 0.3 is 5.97 Å². The molecular weight excluding hydrogens is 242 g/mol. The van der Waals surface area contributed by atoms with Crippen molar-refractivity contribution < 1.29 is 14.7 Å². The van der Waals surface area contributed by atoms with Crippen molar-refractivity contribution in [3.8, 4) is 0 Å². The van der Waals surface area contributed by atoms with Gasteiger partial charge in [0, 0.05) is 6.54 Å². The van der Waals surface area contributed by atoms with E-state index >= 15 is 0 Å². The fraction of sp³-hybridized carbons (Fsp3) is 0.467. The monoisotopic (exact) mass is 261 g/mol. The summed E-state index contributed by atoms with van der Waals surface area (Å²) in [4.78, 5) is 22.4. The fourth-order valence-electron chi connectivity index (χ4n) is 2.10. The third kappa shape index (κ3) is 3.34. The van der Waals surface area contributed by atoms with Crippen molar-refractivity contribution in [2.24, 2.45) is 11.8 Å². The smallest absolute Gasteiger partial charge is 0.307 e. The summed E-state index contributed by atoms with van der Waals surface area (Å²) >= 11 is 0. The maximum absolute atomic E-state index is 11.7. The Bertz CT molecular complexity index is 479. The third-order valence-electron chi connectivity index (χ3n) is 3.56. The van der Waals surface area contributed by atoms with Crippen LogP contribution in [0.15, 0.2) is 24.3 Å². The molecule has 0 aliphatic heterocycles. The molecule has 1 saturated carbocycles. The van der Waals surface area contributed by atoms with Crippen LogP contribution in [0.5, 0.6) is 0 Å². The summed E-state index contributed by atoms with van der Waals surface area (Å²) in [5.74, 6) is -1.36. The molecule has 1 aliphatic rings. The molecule has 102 valence electrons. The quantitative estimate of drug-likeness (QED) is 0.853. The Morgan fingerprint density at radius 3 is 2.37 bits per heavy atom. The molecule has 0 bridgehead atoms. The van der Waals surface area contributed by atoms with E-state index in [9.17, 15) is 9.59 Å². The van der Waals surface area contributed by atoms with Crippen LogP contribution >= 0.6 is 0 Å². The van der Waals surface area contributed by atoms with Gasteiger partial charge in [-0.05, 0) is 23.5 Å². The van der Waals surface area contributed by atoms with E-state index in [1.807, 2.05) is 12.1 Å². The van der Waals surface area contributed by atoms with E-state index in [0.717, 1.165) is 5.56 Å². The van der Waals surface area contributed by atoms with Gasteiger partial charge in [-0.1, -0.05) is 38.1 Å². The van der Waals surface area contributed by atoms with Gasteiger partial charge in [-0.3, -0.25) is 9.59 Å². The highest BCUT2D eigenvalue weighted by molar-refractivity contribution is 5.89. The molecule has 1 aliphatic carbocycles. The standard InChI is InChI=1S/C15H19NO3/c1-9(2)11-5-3-10(4-6-11)8-16-14(17)12-7-13(12)15(18)19/h3-6,9,12-13H,7-8H2,1-2H3,(H,16,17)(H,18,19). The van der Waals surface area contributed by atoms with Crippen LogP contribution in [0.25, 0.3) is 0 Å². The molecule has 1 amide bonds. The van der Waals surface area contributed by atoms with Gasteiger partial charge in [-0.15, -0.1) is 0 Å². The van der Waals surface area contributed by atoms with E-state index in [4.69, 9.17) is 5.11 Å². The second-order valence-electron chi connectivity index (χ2n) is 5.40. The Morgan fingerprint density at radius 2 is 1.89 bits per heavy atom. The van der Waals surface area contributed by atoms with Gasteiger partial charge < -0.3 is 10.4 Å². The molecule has 0 aromatic heterocycles. The number of carbonyl (C=O) groups is 2. The minimum absolute atomic E-state index is 0.152. The number of hydrogen-bond acceptors (Lipinski definition) is 2. The van der Waals surface area contributed by atoms with E-state index in [1.165, 1.54) is 5.56 Å². The molecule has 0 saturated heterocycles. The van der Waals surface area contributed by atoms with Crippen molar-refractivity contribution >= 4 is 11.9 Å². The predicted molar refractivity (Wildman–Crippen MR) is 71.6 cm³/mol. The first-order valence-electron chi connectivity index (χ1n) is 6.58. The number of benzene rings is 1. The number of rotatable bonds is 5. The minimum atomic E-state index is -0.874. The Labute approximate surface area is 112 Å². The minimum Gasteiger partial charge on any atom is -0.481 e. The molecule has 2 rings (SSSR count). The lowest BCUT2D eigenvalue weighted by Gasteiger charge is -2.08. The first-order chi connectivity index (χ1) is 8.99. The van der Waals surface area contributed by atoms with Crippen LogP contribution in [0, 0.1) is 11.8 Å². The van der Waals surface area contributed by atoms with Crippen LogP contribution in [0.2, 0.25) is 0 Å². The topological polar surface area (TPSA) is 66.4 Å². The number of amides is 1. The van der Waals surface area contributed by atoms with Crippen LogP contribution in [0.1, 0.15) is 37.3 Å². The predicted octanol–water partition coefficient (Wildman–Crippen LogP) is 2.15. The summed E-state index contributed by atoms with van der Waals surface area (Å²) in [6.07, 6.45) is 0.466. The lowest BCUT2D eigenvalue weighted by molar-refractivity contribution is -0.140. The molecule has 1 aromatic rings. The number of carbonyl (C=O) groups excluding carboxylic acids is 1. The Hall–Kier alpha value is -1.84. The first kappa shape index (κ1) is 13.6. The van der Waals surface area contributed by atoms with Crippen molar-refractivity contribution in [1.82, 2.24) is 5.32 Å². The maximum Gasteiger partial charge on any atom is 0.307 e. The summed E-state index contributed by atoms with van der Waals surface area (Å²) in [7, 11) is 0. The van der Waals surface area contributed by atoms with E-state index in [1.54, 1.807) is 0 Å². The average molecular weight is 261 g/mol. The van der Waals surface area contributed by atoms with Crippen LogP contribution in [-0.4, -0.2) is 17.0 Å². The average Bonchev–Trinajstić information content (AvgIpc) is 3.16. The molecule has 4 nitrogen and oxygen atoms in total. The lowest BCUT2D eigenvalue weighted by atomic mass is 10.0. The largest absolute Gasteiger partial charge is 0.481 e. The number of carboxylic acids is 1. The molecule has 1 fully saturated rings. The molecule has 1 aromatic carbocycles. The highest BCUT2D eigenvalue weighted by Crippen LogP contribution is 2.38. The lowest BCUT2D eigenvalue weighted by Crippen LogP contribution is -2.25. The summed E-state index contributed by atoms with van der Waals surface area (Å²) in [5, 5.41) is 11.6. The summed E-state index contributed by atoms with van der Waals surface area (Å²) in [6.45, 7) is 4.73. The van der Waals surface area contributed by atoms with E-state index in [0.29, 0.717) is 18.9 Å². The van der Waals surface area contributed by atoms with Crippen LogP contribution in [0.4, 0.5) is 0 Å². The molecule has 0 spiro atoms. The van der Waals surface area contributed by atoms with Crippen LogP contribution in [0.3, 0.4) is 0 Å². The van der Waals surface area contributed by atoms with Gasteiger partial charge in [-0.25, -0.2) is 0 Å². The van der Waals surface area contributed by atoms with Crippen LogP contribution in [-0.2, 0) is 16.1 Å². The maximum atomic E-state index is 11.7. The van der Waals surface area contributed by atoms with Gasteiger partial charge in [0.1, 0.15) is 0 Å². The Morgan fingerprint density at radius 1 is 1.26 bits per heavy atom. The van der Waals surface area contributed by atoms with Gasteiger partial charge in [0.15, 0.2) is 0 Å². The van der Waals surface area contributed by atoms with Crippen molar-refractivity contribution in [3.05, 3.63) is 35.4 Å². The first-order valence-corrected chi connectivity index (χ1v) is 6.58. The molecule has 2 atom stereocenters. The van der Waals surface area contributed by atoms with E-state index in [2.05, 4.69) is 31.3 Å². The molecular formula is C15H19NO3. The molecule has 2 N–H and O–H groups in total. The van der Waals surface area contributed by atoms with Crippen molar-refractivity contribution in [2.45, 2.75) is 32.7 Å². The molecule has 0 heterocycles. The van der Waals surface area contributed by atoms with Crippen molar-refractivity contribution in [3.63, 3.8) is 0 Å². The highest BCUT2D eigenvalue weighted by atomic mass is 16.4.